The van der Waals surface area contributed by atoms with E-state index in [1.54, 1.807) is 20.4 Å². The van der Waals surface area contributed by atoms with Gasteiger partial charge in [0.15, 0.2) is 5.75 Å². The summed E-state index contributed by atoms with van der Waals surface area (Å²) in [5.41, 5.74) is 8.45. The third kappa shape index (κ3) is 3.36. The molecular formula is C16H23N3O2. The van der Waals surface area contributed by atoms with E-state index in [1.165, 1.54) is 0 Å². The Labute approximate surface area is 125 Å². The molecule has 0 fully saturated rings. The Bertz CT molecular complexity index is 593. The molecule has 0 saturated carbocycles. The van der Waals surface area contributed by atoms with Crippen molar-refractivity contribution in [3.05, 3.63) is 41.7 Å². The monoisotopic (exact) mass is 289 g/mol. The highest BCUT2D eigenvalue weighted by molar-refractivity contribution is 5.33. The third-order valence-corrected chi connectivity index (χ3v) is 3.45. The standard InChI is InChI=1S/C16H23N3O2/c1-11(2)19-16(15(21-4)10-18-19)14(17)9-12-6-5-7-13(8-12)20-3/h5-8,10-11,14H,9,17H2,1-4H3. The van der Waals surface area contributed by atoms with Crippen LogP contribution in [0.2, 0.25) is 0 Å². The molecule has 0 aliphatic heterocycles. The number of benzene rings is 1. The molecule has 0 radical (unpaired) electrons. The van der Waals surface area contributed by atoms with Crippen LogP contribution < -0.4 is 15.2 Å². The van der Waals surface area contributed by atoms with E-state index < -0.39 is 0 Å². The summed E-state index contributed by atoms with van der Waals surface area (Å²) in [6, 6.07) is 8.00. The van der Waals surface area contributed by atoms with Gasteiger partial charge in [-0.25, -0.2) is 0 Å². The van der Waals surface area contributed by atoms with E-state index in [-0.39, 0.29) is 12.1 Å². The lowest BCUT2D eigenvalue weighted by Crippen LogP contribution is -2.20. The number of hydrogen-bond acceptors (Lipinski definition) is 4. The minimum Gasteiger partial charge on any atom is -0.497 e. The summed E-state index contributed by atoms with van der Waals surface area (Å²) in [5, 5.41) is 4.37. The van der Waals surface area contributed by atoms with Crippen LogP contribution in [0.1, 0.15) is 37.2 Å². The van der Waals surface area contributed by atoms with E-state index in [2.05, 4.69) is 18.9 Å². The SMILES string of the molecule is COc1cccc(CC(N)c2c(OC)cnn2C(C)C)c1. The fourth-order valence-corrected chi connectivity index (χ4v) is 2.43. The molecule has 5 nitrogen and oxygen atoms in total. The van der Waals surface area contributed by atoms with Gasteiger partial charge in [0.25, 0.3) is 0 Å². The molecule has 1 atom stereocenters. The number of methoxy groups -OCH3 is 2. The molecule has 1 heterocycles. The van der Waals surface area contributed by atoms with Crippen molar-refractivity contribution in [2.24, 2.45) is 5.73 Å². The molecule has 0 aliphatic rings. The maximum atomic E-state index is 6.40. The predicted octanol–water partition coefficient (Wildman–Crippen LogP) is 2.72. The molecule has 0 bridgehead atoms. The number of nitrogens with two attached hydrogens (primary N) is 1. The second-order valence-corrected chi connectivity index (χ2v) is 5.30. The highest BCUT2D eigenvalue weighted by atomic mass is 16.5. The van der Waals surface area contributed by atoms with Crippen LogP contribution in [0.15, 0.2) is 30.5 Å². The Morgan fingerprint density at radius 3 is 2.62 bits per heavy atom. The predicted molar refractivity (Wildman–Crippen MR) is 82.8 cm³/mol. The van der Waals surface area contributed by atoms with Crippen LogP contribution in [0.5, 0.6) is 11.5 Å². The number of rotatable bonds is 6. The molecule has 1 aromatic carbocycles. The minimum absolute atomic E-state index is 0.183. The molecule has 0 saturated heterocycles. The maximum absolute atomic E-state index is 6.40. The van der Waals surface area contributed by atoms with E-state index in [9.17, 15) is 0 Å². The Balaban J connectivity index is 2.27. The number of nitrogens with zero attached hydrogens (tertiary/aromatic N) is 2. The van der Waals surface area contributed by atoms with Gasteiger partial charge >= 0.3 is 0 Å². The Hall–Kier alpha value is -2.01. The van der Waals surface area contributed by atoms with Crippen molar-refractivity contribution in [3.63, 3.8) is 0 Å². The van der Waals surface area contributed by atoms with Crippen molar-refractivity contribution in [2.45, 2.75) is 32.4 Å². The number of aromatic nitrogens is 2. The van der Waals surface area contributed by atoms with Gasteiger partial charge in [-0.1, -0.05) is 12.1 Å². The minimum atomic E-state index is -0.183. The van der Waals surface area contributed by atoms with E-state index in [0.29, 0.717) is 6.42 Å². The molecule has 1 unspecified atom stereocenters. The summed E-state index contributed by atoms with van der Waals surface area (Å²) in [7, 11) is 3.30. The molecule has 5 heteroatoms. The van der Waals surface area contributed by atoms with Crippen LogP contribution in [-0.2, 0) is 6.42 Å². The molecule has 0 spiro atoms. The zero-order valence-electron chi connectivity index (χ0n) is 13.0. The van der Waals surface area contributed by atoms with Gasteiger partial charge in [0, 0.05) is 6.04 Å². The van der Waals surface area contributed by atoms with E-state index in [4.69, 9.17) is 15.2 Å². The van der Waals surface area contributed by atoms with E-state index in [0.717, 1.165) is 22.8 Å². The summed E-state index contributed by atoms with van der Waals surface area (Å²) >= 11 is 0. The largest absolute Gasteiger partial charge is 0.497 e. The summed E-state index contributed by atoms with van der Waals surface area (Å²) in [6.07, 6.45) is 2.42. The first kappa shape index (κ1) is 15.4. The van der Waals surface area contributed by atoms with Crippen LogP contribution in [0.4, 0.5) is 0 Å². The average Bonchev–Trinajstić information content (AvgIpc) is 2.91. The van der Waals surface area contributed by atoms with Crippen molar-refractivity contribution >= 4 is 0 Å². The molecule has 21 heavy (non-hydrogen) atoms. The fourth-order valence-electron chi connectivity index (χ4n) is 2.43. The normalized spacial score (nSPS) is 12.5. The summed E-state index contributed by atoms with van der Waals surface area (Å²) in [6.45, 7) is 4.16. The van der Waals surface area contributed by atoms with Crippen LogP contribution >= 0.6 is 0 Å². The quantitative estimate of drug-likeness (QED) is 0.888. The van der Waals surface area contributed by atoms with Gasteiger partial charge in [0.1, 0.15) is 5.75 Å². The van der Waals surface area contributed by atoms with Crippen LogP contribution in [0.25, 0.3) is 0 Å². The van der Waals surface area contributed by atoms with Gasteiger partial charge in [0.05, 0.1) is 32.2 Å². The van der Waals surface area contributed by atoms with Crippen LogP contribution in [-0.4, -0.2) is 24.0 Å². The Morgan fingerprint density at radius 1 is 1.24 bits per heavy atom. The highest BCUT2D eigenvalue weighted by Gasteiger charge is 2.20. The lowest BCUT2D eigenvalue weighted by atomic mass is 10.0. The van der Waals surface area contributed by atoms with Crippen molar-refractivity contribution in [1.29, 1.82) is 0 Å². The number of hydrogen-bond donors (Lipinski definition) is 1. The van der Waals surface area contributed by atoms with Gasteiger partial charge in [-0.15, -0.1) is 0 Å². The van der Waals surface area contributed by atoms with Gasteiger partial charge in [0.2, 0.25) is 0 Å². The van der Waals surface area contributed by atoms with Gasteiger partial charge in [-0.3, -0.25) is 4.68 Å². The summed E-state index contributed by atoms with van der Waals surface area (Å²) < 4.78 is 12.6. The summed E-state index contributed by atoms with van der Waals surface area (Å²) in [4.78, 5) is 0. The second kappa shape index (κ2) is 6.63. The smallest absolute Gasteiger partial charge is 0.161 e. The average molecular weight is 289 g/mol. The molecule has 0 amide bonds. The van der Waals surface area contributed by atoms with Crippen molar-refractivity contribution in [1.82, 2.24) is 9.78 Å². The van der Waals surface area contributed by atoms with Crippen molar-refractivity contribution in [3.8, 4) is 11.5 Å². The van der Waals surface area contributed by atoms with Crippen LogP contribution in [0.3, 0.4) is 0 Å². The van der Waals surface area contributed by atoms with E-state index in [1.807, 2.05) is 28.9 Å². The molecule has 2 N–H and O–H groups in total. The zero-order chi connectivity index (χ0) is 15.4. The first-order valence-electron chi connectivity index (χ1n) is 7.06. The zero-order valence-corrected chi connectivity index (χ0v) is 13.0. The summed E-state index contributed by atoms with van der Waals surface area (Å²) in [5.74, 6) is 1.57. The van der Waals surface area contributed by atoms with Gasteiger partial charge in [-0.2, -0.15) is 5.10 Å². The molecular weight excluding hydrogens is 266 g/mol. The third-order valence-electron chi connectivity index (χ3n) is 3.45. The molecule has 2 aromatic rings. The van der Waals surface area contributed by atoms with Crippen molar-refractivity contribution < 1.29 is 9.47 Å². The molecule has 2 rings (SSSR count). The highest BCUT2D eigenvalue weighted by Crippen LogP contribution is 2.28. The second-order valence-electron chi connectivity index (χ2n) is 5.30. The first-order chi connectivity index (χ1) is 10.1. The topological polar surface area (TPSA) is 62.3 Å². The molecule has 114 valence electrons. The Kier molecular flexibility index (Phi) is 4.85. The fraction of sp³-hybridized carbons (Fsp3) is 0.438. The Morgan fingerprint density at radius 2 is 2.00 bits per heavy atom. The van der Waals surface area contributed by atoms with Gasteiger partial charge < -0.3 is 15.2 Å². The maximum Gasteiger partial charge on any atom is 0.161 e. The number of ether oxygens (including phenoxy) is 2. The van der Waals surface area contributed by atoms with E-state index >= 15 is 0 Å². The lowest BCUT2D eigenvalue weighted by molar-refractivity contribution is 0.396. The molecule has 0 aliphatic carbocycles. The first-order valence-corrected chi connectivity index (χ1v) is 7.06. The van der Waals surface area contributed by atoms with Crippen LogP contribution in [0, 0.1) is 0 Å². The molecule has 1 aromatic heterocycles. The van der Waals surface area contributed by atoms with Gasteiger partial charge in [-0.05, 0) is 38.0 Å². The lowest BCUT2D eigenvalue weighted by Gasteiger charge is -2.18. The van der Waals surface area contributed by atoms with Crippen molar-refractivity contribution in [2.75, 3.05) is 14.2 Å².